The van der Waals surface area contributed by atoms with Crippen LogP contribution in [0.5, 0.6) is 0 Å². The van der Waals surface area contributed by atoms with Gasteiger partial charge in [-0.1, -0.05) is 27.7 Å². The second-order valence-corrected chi connectivity index (χ2v) is 7.21. The molecule has 2 rings (SSSR count). The van der Waals surface area contributed by atoms with Gasteiger partial charge in [-0.15, -0.1) is 12.4 Å². The number of fused-ring (bicyclic) bond motifs is 1. The van der Waals surface area contributed by atoms with Crippen molar-refractivity contribution in [3.05, 3.63) is 0 Å². The molecule has 1 saturated heterocycles. The fourth-order valence-corrected chi connectivity index (χ4v) is 3.96. The lowest BCUT2D eigenvalue weighted by Gasteiger charge is -2.65. The van der Waals surface area contributed by atoms with Crippen molar-refractivity contribution in [2.45, 2.75) is 52.2 Å². The van der Waals surface area contributed by atoms with Gasteiger partial charge in [0.25, 0.3) is 0 Å². The van der Waals surface area contributed by atoms with E-state index in [1.165, 1.54) is 0 Å². The number of hydrogen-bond acceptors (Lipinski definition) is 3. The zero-order valence-electron chi connectivity index (χ0n) is 13.3. The zero-order valence-corrected chi connectivity index (χ0v) is 14.1. The fourth-order valence-electron chi connectivity index (χ4n) is 3.96. The first kappa shape index (κ1) is 17.7. The molecule has 1 saturated carbocycles. The van der Waals surface area contributed by atoms with Crippen molar-refractivity contribution in [3.63, 3.8) is 0 Å². The molecule has 3 atom stereocenters. The predicted octanol–water partition coefficient (Wildman–Crippen LogP) is 2.06. The van der Waals surface area contributed by atoms with Gasteiger partial charge in [-0.25, -0.2) is 0 Å². The number of nitrogens with two attached hydrogens (primary N) is 1. The maximum Gasteiger partial charge on any atom is 0.243 e. The van der Waals surface area contributed by atoms with Crippen LogP contribution in [-0.2, 0) is 9.53 Å². The summed E-state index contributed by atoms with van der Waals surface area (Å²) in [5, 5.41) is 0. The van der Waals surface area contributed by atoms with E-state index in [9.17, 15) is 4.79 Å². The normalized spacial score (nSPS) is 34.8. The van der Waals surface area contributed by atoms with Gasteiger partial charge in [0.05, 0.1) is 6.10 Å². The molecule has 2 N–H and O–H groups in total. The second-order valence-electron chi connectivity index (χ2n) is 7.21. The van der Waals surface area contributed by atoms with Crippen LogP contribution in [0.3, 0.4) is 0 Å². The SMILES string of the molecule is CC(C)CN(C)C(=O)C1(N)C2CCCOC2C1(C)C.Cl. The molecular weight excluding hydrogens is 276 g/mol. The number of amides is 1. The molecule has 118 valence electrons. The lowest BCUT2D eigenvalue weighted by molar-refractivity contribution is -0.229. The summed E-state index contributed by atoms with van der Waals surface area (Å²) >= 11 is 0. The van der Waals surface area contributed by atoms with E-state index in [2.05, 4.69) is 27.7 Å². The van der Waals surface area contributed by atoms with Crippen LogP contribution in [0.15, 0.2) is 0 Å². The molecule has 0 spiro atoms. The van der Waals surface area contributed by atoms with Gasteiger partial charge in [0, 0.05) is 31.5 Å². The smallest absolute Gasteiger partial charge is 0.243 e. The van der Waals surface area contributed by atoms with Gasteiger partial charge in [-0.3, -0.25) is 4.79 Å². The molecule has 0 aromatic carbocycles. The van der Waals surface area contributed by atoms with Crippen molar-refractivity contribution in [3.8, 4) is 0 Å². The molecular formula is C15H29ClN2O2. The Bertz CT molecular complexity index is 373. The summed E-state index contributed by atoms with van der Waals surface area (Å²) in [6, 6.07) is 0. The highest BCUT2D eigenvalue weighted by Gasteiger charge is 2.70. The Hall–Kier alpha value is -0.320. The number of carbonyl (C=O) groups is 1. The molecule has 1 aliphatic carbocycles. The summed E-state index contributed by atoms with van der Waals surface area (Å²) in [6.45, 7) is 9.93. The van der Waals surface area contributed by atoms with E-state index in [0.717, 1.165) is 26.0 Å². The average Bonchev–Trinajstić information content (AvgIpc) is 2.36. The van der Waals surface area contributed by atoms with E-state index in [1.807, 2.05) is 7.05 Å². The molecule has 0 aromatic rings. The molecule has 2 aliphatic rings. The van der Waals surface area contributed by atoms with Crippen LogP contribution >= 0.6 is 12.4 Å². The van der Waals surface area contributed by atoms with Crippen LogP contribution in [-0.4, -0.2) is 42.6 Å². The third-order valence-corrected chi connectivity index (χ3v) is 5.02. The number of halogens is 1. The Kier molecular flexibility index (Phi) is 5.16. The van der Waals surface area contributed by atoms with Crippen LogP contribution < -0.4 is 5.73 Å². The standard InChI is InChI=1S/C15H28N2O2.ClH/c1-10(2)9-17(5)13(18)15(16)11-7-6-8-19-12(11)14(15,3)4;/h10-12H,6-9,16H2,1-5H3;1H. The summed E-state index contributed by atoms with van der Waals surface area (Å²) < 4.78 is 5.85. The van der Waals surface area contributed by atoms with Crippen molar-refractivity contribution >= 4 is 18.3 Å². The summed E-state index contributed by atoms with van der Waals surface area (Å²) in [5.74, 6) is 0.718. The monoisotopic (exact) mass is 304 g/mol. The highest BCUT2D eigenvalue weighted by molar-refractivity contribution is 5.89. The lowest BCUT2D eigenvalue weighted by Crippen LogP contribution is -2.82. The van der Waals surface area contributed by atoms with Crippen LogP contribution in [0.2, 0.25) is 0 Å². The summed E-state index contributed by atoms with van der Waals surface area (Å²) in [6.07, 6.45) is 2.16. The zero-order chi connectivity index (χ0) is 14.4. The van der Waals surface area contributed by atoms with Gasteiger partial charge in [-0.05, 0) is 18.8 Å². The van der Waals surface area contributed by atoms with E-state index in [4.69, 9.17) is 10.5 Å². The van der Waals surface area contributed by atoms with Gasteiger partial charge < -0.3 is 15.4 Å². The van der Waals surface area contributed by atoms with Gasteiger partial charge in [0.15, 0.2) is 0 Å². The first-order valence-corrected chi connectivity index (χ1v) is 7.39. The molecule has 0 radical (unpaired) electrons. The summed E-state index contributed by atoms with van der Waals surface area (Å²) in [7, 11) is 1.87. The van der Waals surface area contributed by atoms with Crippen LogP contribution in [0.4, 0.5) is 0 Å². The Balaban J connectivity index is 0.00000200. The topological polar surface area (TPSA) is 55.6 Å². The molecule has 1 aliphatic heterocycles. The Labute approximate surface area is 128 Å². The van der Waals surface area contributed by atoms with Crippen molar-refractivity contribution in [2.75, 3.05) is 20.2 Å². The van der Waals surface area contributed by atoms with E-state index in [-0.39, 0.29) is 35.8 Å². The minimum Gasteiger partial charge on any atom is -0.377 e. The number of likely N-dealkylation sites (N-methyl/N-ethyl adjacent to an activating group) is 1. The molecule has 3 unspecified atom stereocenters. The molecule has 0 aromatic heterocycles. The maximum atomic E-state index is 12.8. The quantitative estimate of drug-likeness (QED) is 0.868. The van der Waals surface area contributed by atoms with Crippen molar-refractivity contribution < 1.29 is 9.53 Å². The van der Waals surface area contributed by atoms with E-state index in [1.54, 1.807) is 4.90 Å². The Morgan fingerprint density at radius 3 is 2.60 bits per heavy atom. The third-order valence-electron chi connectivity index (χ3n) is 5.02. The molecule has 4 nitrogen and oxygen atoms in total. The van der Waals surface area contributed by atoms with Crippen molar-refractivity contribution in [1.29, 1.82) is 0 Å². The molecule has 5 heteroatoms. The first-order valence-electron chi connectivity index (χ1n) is 7.39. The number of nitrogens with zero attached hydrogens (tertiary/aromatic N) is 1. The molecule has 1 heterocycles. The van der Waals surface area contributed by atoms with Gasteiger partial charge in [0.2, 0.25) is 5.91 Å². The number of carbonyl (C=O) groups excluding carboxylic acids is 1. The van der Waals surface area contributed by atoms with E-state index < -0.39 is 5.54 Å². The summed E-state index contributed by atoms with van der Waals surface area (Å²) in [4.78, 5) is 14.6. The molecule has 2 fully saturated rings. The first-order chi connectivity index (χ1) is 8.73. The molecule has 20 heavy (non-hydrogen) atoms. The molecule has 0 bridgehead atoms. The van der Waals surface area contributed by atoms with E-state index in [0.29, 0.717) is 5.92 Å². The Morgan fingerprint density at radius 2 is 2.05 bits per heavy atom. The van der Waals surface area contributed by atoms with Gasteiger partial charge in [-0.2, -0.15) is 0 Å². The minimum atomic E-state index is -0.762. The predicted molar refractivity (Wildman–Crippen MR) is 82.9 cm³/mol. The largest absolute Gasteiger partial charge is 0.377 e. The third kappa shape index (κ3) is 2.36. The highest BCUT2D eigenvalue weighted by atomic mass is 35.5. The van der Waals surface area contributed by atoms with Crippen LogP contribution in [0.1, 0.15) is 40.5 Å². The van der Waals surface area contributed by atoms with Crippen LogP contribution in [0, 0.1) is 17.3 Å². The number of rotatable bonds is 3. The Morgan fingerprint density at radius 1 is 1.45 bits per heavy atom. The highest BCUT2D eigenvalue weighted by Crippen LogP contribution is 2.57. The van der Waals surface area contributed by atoms with Crippen molar-refractivity contribution in [2.24, 2.45) is 23.0 Å². The summed E-state index contributed by atoms with van der Waals surface area (Å²) in [5.41, 5.74) is 5.54. The second kappa shape index (κ2) is 5.82. The van der Waals surface area contributed by atoms with Crippen LogP contribution in [0.25, 0.3) is 0 Å². The average molecular weight is 305 g/mol. The van der Waals surface area contributed by atoms with Crippen molar-refractivity contribution in [1.82, 2.24) is 4.90 Å². The fraction of sp³-hybridized carbons (Fsp3) is 0.933. The van der Waals surface area contributed by atoms with Gasteiger partial charge >= 0.3 is 0 Å². The number of ether oxygens (including phenoxy) is 1. The minimum absolute atomic E-state index is 0. The molecule has 1 amide bonds. The number of hydrogen-bond donors (Lipinski definition) is 1. The maximum absolute atomic E-state index is 12.8. The lowest BCUT2D eigenvalue weighted by atomic mass is 9.46. The van der Waals surface area contributed by atoms with E-state index >= 15 is 0 Å². The van der Waals surface area contributed by atoms with Gasteiger partial charge in [0.1, 0.15) is 5.54 Å².